The Kier molecular flexibility index (Phi) is 3.95. The normalized spacial score (nSPS) is 29.0. The summed E-state index contributed by atoms with van der Waals surface area (Å²) in [6.07, 6.45) is 5.62. The number of hydrogen-bond donors (Lipinski definition) is 1. The lowest BCUT2D eigenvalue weighted by Gasteiger charge is -2.28. The van der Waals surface area contributed by atoms with Crippen LogP contribution in [-0.2, 0) is 11.2 Å². The van der Waals surface area contributed by atoms with E-state index in [0.717, 1.165) is 11.8 Å². The van der Waals surface area contributed by atoms with Gasteiger partial charge in [0.2, 0.25) is 5.91 Å². The number of carbonyl (C=O) groups is 1. The molecule has 1 aromatic heterocycles. The molecule has 116 valence electrons. The molecule has 2 aliphatic carbocycles. The van der Waals surface area contributed by atoms with Crippen molar-refractivity contribution in [2.45, 2.75) is 65.0 Å². The van der Waals surface area contributed by atoms with Crippen molar-refractivity contribution in [3.05, 3.63) is 5.82 Å². The molecule has 1 heterocycles. The number of nitrogens with zero attached hydrogens (tertiary/aromatic N) is 4. The maximum Gasteiger partial charge on any atom is 0.228 e. The second-order valence-electron chi connectivity index (χ2n) is 6.99. The van der Waals surface area contributed by atoms with Gasteiger partial charge < -0.3 is 5.32 Å². The van der Waals surface area contributed by atoms with Crippen molar-refractivity contribution in [2.75, 3.05) is 0 Å². The smallest absolute Gasteiger partial charge is 0.228 e. The van der Waals surface area contributed by atoms with Crippen LogP contribution in [0.1, 0.15) is 58.3 Å². The van der Waals surface area contributed by atoms with Gasteiger partial charge >= 0.3 is 0 Å². The summed E-state index contributed by atoms with van der Waals surface area (Å²) in [6, 6.07) is 0.426. The van der Waals surface area contributed by atoms with E-state index in [-0.39, 0.29) is 24.4 Å². The van der Waals surface area contributed by atoms with Crippen LogP contribution < -0.4 is 5.32 Å². The second kappa shape index (κ2) is 5.73. The highest BCUT2D eigenvalue weighted by molar-refractivity contribution is 5.77. The highest BCUT2D eigenvalue weighted by Crippen LogP contribution is 2.49. The number of fused-ring (bicyclic) bond motifs is 2. The molecule has 2 fully saturated rings. The van der Waals surface area contributed by atoms with Gasteiger partial charge in [-0.15, -0.1) is 10.2 Å². The van der Waals surface area contributed by atoms with Gasteiger partial charge in [-0.05, 0) is 63.0 Å². The van der Waals surface area contributed by atoms with Crippen LogP contribution in [0.4, 0.5) is 0 Å². The Morgan fingerprint density at radius 3 is 2.71 bits per heavy atom. The van der Waals surface area contributed by atoms with Gasteiger partial charge in [-0.2, -0.15) is 4.80 Å². The Morgan fingerprint density at radius 2 is 2.14 bits per heavy atom. The molecule has 6 heteroatoms. The van der Waals surface area contributed by atoms with Crippen LogP contribution in [0.25, 0.3) is 0 Å². The van der Waals surface area contributed by atoms with E-state index in [2.05, 4.69) is 27.7 Å². The molecule has 1 aromatic rings. The fourth-order valence-electron chi connectivity index (χ4n) is 4.01. The molecule has 0 aliphatic heterocycles. The average molecular weight is 291 g/mol. The van der Waals surface area contributed by atoms with Crippen LogP contribution >= 0.6 is 0 Å². The first-order valence-corrected chi connectivity index (χ1v) is 8.10. The number of aromatic nitrogens is 4. The maximum absolute atomic E-state index is 12.1. The summed E-state index contributed by atoms with van der Waals surface area (Å²) < 4.78 is 0. The highest BCUT2D eigenvalue weighted by Gasteiger charge is 2.42. The molecule has 2 saturated carbocycles. The largest absolute Gasteiger partial charge is 0.353 e. The summed E-state index contributed by atoms with van der Waals surface area (Å²) in [5, 5.41) is 15.3. The zero-order chi connectivity index (χ0) is 15.0. The van der Waals surface area contributed by atoms with E-state index in [1.165, 1.54) is 25.7 Å². The van der Waals surface area contributed by atoms with Gasteiger partial charge in [0.25, 0.3) is 0 Å². The Morgan fingerprint density at radius 1 is 1.33 bits per heavy atom. The van der Waals surface area contributed by atoms with E-state index in [4.69, 9.17) is 0 Å². The predicted molar refractivity (Wildman–Crippen MR) is 78.4 cm³/mol. The summed E-state index contributed by atoms with van der Waals surface area (Å²) in [4.78, 5) is 13.7. The third-order valence-corrected chi connectivity index (χ3v) is 5.07. The van der Waals surface area contributed by atoms with Gasteiger partial charge in [0.05, 0.1) is 12.5 Å². The lowest BCUT2D eigenvalue weighted by atomic mass is 9.84. The van der Waals surface area contributed by atoms with E-state index < -0.39 is 0 Å². The average Bonchev–Trinajstić information content (AvgIpc) is 3.13. The van der Waals surface area contributed by atoms with Crippen molar-refractivity contribution in [2.24, 2.45) is 17.8 Å². The lowest BCUT2D eigenvalue weighted by Crippen LogP contribution is -2.40. The Hall–Kier alpha value is -1.46. The SMILES string of the molecule is CC(C)n1nnc(CC(=O)N[C@H](C)[C@H]2C[C@H]3CC[C@H]2C3)n1. The van der Waals surface area contributed by atoms with Gasteiger partial charge in [-0.25, -0.2) is 0 Å². The zero-order valence-electron chi connectivity index (χ0n) is 13.1. The summed E-state index contributed by atoms with van der Waals surface area (Å²) in [6.45, 7) is 6.12. The molecule has 0 radical (unpaired) electrons. The number of rotatable bonds is 5. The third-order valence-electron chi connectivity index (χ3n) is 5.07. The molecule has 4 atom stereocenters. The fraction of sp³-hybridized carbons (Fsp3) is 0.867. The van der Waals surface area contributed by atoms with Crippen molar-refractivity contribution < 1.29 is 4.79 Å². The molecule has 0 aromatic carbocycles. The molecular weight excluding hydrogens is 266 g/mol. The summed E-state index contributed by atoms with van der Waals surface area (Å²) >= 11 is 0. The number of amides is 1. The second-order valence-corrected chi connectivity index (χ2v) is 6.99. The van der Waals surface area contributed by atoms with Gasteiger partial charge in [0.15, 0.2) is 5.82 Å². The van der Waals surface area contributed by atoms with Crippen LogP contribution in [0.2, 0.25) is 0 Å². The van der Waals surface area contributed by atoms with Crippen LogP contribution in [0.5, 0.6) is 0 Å². The van der Waals surface area contributed by atoms with E-state index >= 15 is 0 Å². The van der Waals surface area contributed by atoms with E-state index in [0.29, 0.717) is 11.7 Å². The Balaban J connectivity index is 1.51. The lowest BCUT2D eigenvalue weighted by molar-refractivity contribution is -0.121. The molecule has 0 saturated heterocycles. The first-order chi connectivity index (χ1) is 10.0. The summed E-state index contributed by atoms with van der Waals surface area (Å²) in [5.41, 5.74) is 0. The van der Waals surface area contributed by atoms with Crippen molar-refractivity contribution in [1.82, 2.24) is 25.5 Å². The standard InChI is InChI=1S/C15H25N5O/c1-9(2)20-18-14(17-19-20)8-15(21)16-10(3)13-7-11-4-5-12(13)6-11/h9-13H,4-8H2,1-3H3,(H,16,21)/t10-,11+,12+,13-/m1/s1. The topological polar surface area (TPSA) is 72.7 Å². The quantitative estimate of drug-likeness (QED) is 0.897. The number of nitrogens with one attached hydrogen (secondary N) is 1. The van der Waals surface area contributed by atoms with Crippen molar-refractivity contribution in [3.63, 3.8) is 0 Å². The van der Waals surface area contributed by atoms with Gasteiger partial charge in [-0.1, -0.05) is 6.42 Å². The summed E-state index contributed by atoms with van der Waals surface area (Å²) in [7, 11) is 0. The van der Waals surface area contributed by atoms with Crippen LogP contribution in [0.15, 0.2) is 0 Å². The minimum absolute atomic E-state index is 0.00794. The molecular formula is C15H25N5O. The van der Waals surface area contributed by atoms with Crippen molar-refractivity contribution in [3.8, 4) is 0 Å². The van der Waals surface area contributed by atoms with E-state index in [1.54, 1.807) is 4.80 Å². The zero-order valence-corrected chi connectivity index (χ0v) is 13.1. The van der Waals surface area contributed by atoms with Gasteiger partial charge in [0.1, 0.15) is 0 Å². The highest BCUT2D eigenvalue weighted by atomic mass is 16.1. The molecule has 0 unspecified atom stereocenters. The third kappa shape index (κ3) is 3.09. The summed E-state index contributed by atoms with van der Waals surface area (Å²) in [5.74, 6) is 2.90. The molecule has 2 aliphatic rings. The number of tetrazole rings is 1. The van der Waals surface area contributed by atoms with Crippen LogP contribution in [-0.4, -0.2) is 32.2 Å². The molecule has 1 N–H and O–H groups in total. The molecule has 0 spiro atoms. The number of carbonyl (C=O) groups excluding carboxylic acids is 1. The minimum Gasteiger partial charge on any atom is -0.353 e. The molecule has 1 amide bonds. The Labute approximate surface area is 125 Å². The molecule has 3 rings (SSSR count). The Bertz CT molecular complexity index is 512. The first-order valence-electron chi connectivity index (χ1n) is 8.10. The molecule has 21 heavy (non-hydrogen) atoms. The molecule has 6 nitrogen and oxygen atoms in total. The number of hydrogen-bond acceptors (Lipinski definition) is 4. The minimum atomic E-state index is 0.00794. The molecule has 2 bridgehead atoms. The van der Waals surface area contributed by atoms with Gasteiger partial charge in [0, 0.05) is 6.04 Å². The monoisotopic (exact) mass is 291 g/mol. The van der Waals surface area contributed by atoms with Crippen molar-refractivity contribution in [1.29, 1.82) is 0 Å². The maximum atomic E-state index is 12.1. The van der Waals surface area contributed by atoms with Crippen molar-refractivity contribution >= 4 is 5.91 Å². The van der Waals surface area contributed by atoms with Gasteiger partial charge in [-0.3, -0.25) is 4.79 Å². The predicted octanol–water partition coefficient (Wildman–Crippen LogP) is 1.74. The van der Waals surface area contributed by atoms with Crippen LogP contribution in [0, 0.1) is 17.8 Å². The van der Waals surface area contributed by atoms with Crippen LogP contribution in [0.3, 0.4) is 0 Å². The van der Waals surface area contributed by atoms with E-state index in [1.807, 2.05) is 13.8 Å². The fourth-order valence-corrected chi connectivity index (χ4v) is 4.01. The first kappa shape index (κ1) is 14.5. The van der Waals surface area contributed by atoms with E-state index in [9.17, 15) is 4.79 Å².